The lowest BCUT2D eigenvalue weighted by Gasteiger charge is -2.18. The quantitative estimate of drug-likeness (QED) is 0.614. The Morgan fingerprint density at radius 3 is 2.41 bits per heavy atom. The van der Waals surface area contributed by atoms with Gasteiger partial charge in [0.05, 0.1) is 27.7 Å². The maximum absolute atomic E-state index is 10.7. The predicted octanol–water partition coefficient (Wildman–Crippen LogP) is -0.218. The zero-order valence-corrected chi connectivity index (χ0v) is 16.2. The molecule has 4 rings (SSSR count). The topological polar surface area (TPSA) is 65.4 Å². The average molecular weight is 385 g/mol. The Bertz CT molecular complexity index is 1010. The number of hydrogen-bond acceptors (Lipinski definition) is 3. The largest absolute Gasteiger partial charge is 1.00 e. The molecule has 2 heterocycles. The number of aliphatic hydroxyl groups excluding tert-OH is 1. The number of imidazole rings is 1. The van der Waals surface area contributed by atoms with Gasteiger partial charge < -0.3 is 27.2 Å². The van der Waals surface area contributed by atoms with E-state index >= 15 is 0 Å². The molecular formula is C20H21ClN4O2. The second-order valence-corrected chi connectivity index (χ2v) is 6.38. The summed E-state index contributed by atoms with van der Waals surface area (Å²) in [4.78, 5) is 1.79. The van der Waals surface area contributed by atoms with Crippen molar-refractivity contribution in [1.82, 2.24) is 4.57 Å². The summed E-state index contributed by atoms with van der Waals surface area (Å²) >= 11 is 0. The highest BCUT2D eigenvalue weighted by atomic mass is 35.5. The first-order valence-electron chi connectivity index (χ1n) is 8.39. The number of aryl methyl sites for hydroxylation is 2. The van der Waals surface area contributed by atoms with E-state index in [1.807, 2.05) is 71.8 Å². The monoisotopic (exact) mass is 384 g/mol. The number of nitrogens with one attached hydrogen (secondary N) is 1. The van der Waals surface area contributed by atoms with Gasteiger partial charge in [-0.05, 0) is 36.4 Å². The summed E-state index contributed by atoms with van der Waals surface area (Å²) in [6, 6.07) is 15.6. The van der Waals surface area contributed by atoms with Crippen LogP contribution in [0.1, 0.15) is 5.82 Å². The molecule has 0 spiro atoms. The van der Waals surface area contributed by atoms with Gasteiger partial charge in [-0.1, -0.05) is 12.1 Å². The fourth-order valence-electron chi connectivity index (χ4n) is 3.62. The maximum atomic E-state index is 10.7. The van der Waals surface area contributed by atoms with Gasteiger partial charge >= 0.3 is 0 Å². The highest BCUT2D eigenvalue weighted by Gasteiger charge is 2.37. The average Bonchev–Trinajstić information content (AvgIpc) is 3.09. The lowest BCUT2D eigenvalue weighted by molar-refractivity contribution is -0.648. The van der Waals surface area contributed by atoms with Crippen molar-refractivity contribution >= 4 is 28.1 Å². The van der Waals surface area contributed by atoms with Gasteiger partial charge in [0.15, 0.2) is 11.0 Å². The van der Waals surface area contributed by atoms with Crippen LogP contribution in [0.4, 0.5) is 5.69 Å². The summed E-state index contributed by atoms with van der Waals surface area (Å²) in [6.07, 6.45) is 0. The number of benzene rings is 2. The highest BCUT2D eigenvalue weighted by molar-refractivity contribution is 6.30. The molecule has 0 radical (unpaired) electrons. The SMILES string of the molecule is COc1ccc(N2CC(O)=C(c3n(C)c4ccccc4[n+]3C)C2=N)cc1.[Cl-]. The van der Waals surface area contributed by atoms with E-state index in [0.29, 0.717) is 5.57 Å². The normalized spacial score (nSPS) is 14.0. The van der Waals surface area contributed by atoms with Crippen LogP contribution < -0.4 is 26.6 Å². The van der Waals surface area contributed by atoms with Gasteiger partial charge in [0, 0.05) is 5.69 Å². The zero-order chi connectivity index (χ0) is 18.4. The second-order valence-electron chi connectivity index (χ2n) is 6.38. The molecule has 1 aliphatic rings. The van der Waals surface area contributed by atoms with E-state index in [1.165, 1.54) is 0 Å². The Labute approximate surface area is 163 Å². The van der Waals surface area contributed by atoms with E-state index in [4.69, 9.17) is 10.1 Å². The molecule has 0 aliphatic carbocycles. The van der Waals surface area contributed by atoms with E-state index in [1.54, 1.807) is 12.0 Å². The van der Waals surface area contributed by atoms with Crippen LogP contribution in [0.3, 0.4) is 0 Å². The van der Waals surface area contributed by atoms with Gasteiger partial charge in [-0.2, -0.15) is 0 Å². The number of para-hydroxylation sites is 2. The third-order valence-electron chi connectivity index (χ3n) is 4.95. The van der Waals surface area contributed by atoms with Crippen molar-refractivity contribution in [2.24, 2.45) is 14.1 Å². The Kier molecular flexibility index (Phi) is 4.85. The van der Waals surface area contributed by atoms with Crippen molar-refractivity contribution in [3.05, 3.63) is 60.1 Å². The number of ether oxygens (including phenoxy) is 1. The molecule has 2 aromatic carbocycles. The first kappa shape index (κ1) is 18.8. The second kappa shape index (κ2) is 6.96. The van der Waals surface area contributed by atoms with E-state index < -0.39 is 0 Å². The molecule has 0 bridgehead atoms. The molecule has 2 N–H and O–H groups in total. The minimum Gasteiger partial charge on any atom is -1.00 e. The van der Waals surface area contributed by atoms with Gasteiger partial charge in [0.2, 0.25) is 0 Å². The molecule has 1 aliphatic heterocycles. The predicted molar refractivity (Wildman–Crippen MR) is 102 cm³/mol. The van der Waals surface area contributed by atoms with Crippen LogP contribution in [0.25, 0.3) is 16.6 Å². The molecule has 0 amide bonds. The standard InChI is InChI=1S/C20H20N4O2.ClH/c1-22-15-6-4-5-7-16(15)23(2)20(22)18-17(25)12-24(19(18)21)13-8-10-14(26-3)11-9-13;/h4-11,21H,12H2,1-3H3;1H. The Hall–Kier alpha value is -2.99. The van der Waals surface area contributed by atoms with Crippen molar-refractivity contribution in [2.75, 3.05) is 18.6 Å². The van der Waals surface area contributed by atoms with Gasteiger partial charge in [0.25, 0.3) is 5.82 Å². The van der Waals surface area contributed by atoms with Crippen LogP contribution in [0.5, 0.6) is 5.75 Å². The van der Waals surface area contributed by atoms with Crippen molar-refractivity contribution < 1.29 is 26.8 Å². The number of anilines is 1. The van der Waals surface area contributed by atoms with Crippen molar-refractivity contribution in [3.63, 3.8) is 0 Å². The highest BCUT2D eigenvalue weighted by Crippen LogP contribution is 2.31. The summed E-state index contributed by atoms with van der Waals surface area (Å²) in [5.74, 6) is 2.06. The van der Waals surface area contributed by atoms with Crippen LogP contribution in [0, 0.1) is 5.41 Å². The van der Waals surface area contributed by atoms with Crippen LogP contribution in [0.2, 0.25) is 0 Å². The minimum absolute atomic E-state index is 0. The number of rotatable bonds is 3. The third kappa shape index (κ3) is 2.82. The molecule has 0 fully saturated rings. The first-order valence-corrected chi connectivity index (χ1v) is 8.39. The molecule has 140 valence electrons. The molecule has 7 heteroatoms. The Morgan fingerprint density at radius 1 is 1.11 bits per heavy atom. The van der Waals surface area contributed by atoms with Crippen molar-refractivity contribution in [2.45, 2.75) is 0 Å². The molecule has 0 atom stereocenters. The lowest BCUT2D eigenvalue weighted by Crippen LogP contribution is -3.00. The molecule has 27 heavy (non-hydrogen) atoms. The van der Waals surface area contributed by atoms with E-state index in [0.717, 1.165) is 28.3 Å². The van der Waals surface area contributed by atoms with Crippen LogP contribution in [0.15, 0.2) is 54.3 Å². The smallest absolute Gasteiger partial charge is 0.296 e. The third-order valence-corrected chi connectivity index (χ3v) is 4.95. The molecular weight excluding hydrogens is 364 g/mol. The Morgan fingerprint density at radius 2 is 1.78 bits per heavy atom. The molecule has 3 aromatic rings. The summed E-state index contributed by atoms with van der Waals surface area (Å²) in [5.41, 5.74) is 3.52. The van der Waals surface area contributed by atoms with Crippen LogP contribution in [-0.4, -0.2) is 29.2 Å². The summed E-state index contributed by atoms with van der Waals surface area (Å²) in [6.45, 7) is 0.280. The fourth-order valence-corrected chi connectivity index (χ4v) is 3.62. The molecule has 0 saturated carbocycles. The number of methoxy groups -OCH3 is 1. The van der Waals surface area contributed by atoms with E-state index in [9.17, 15) is 5.11 Å². The number of hydrogen-bond donors (Lipinski definition) is 2. The number of halogens is 1. The summed E-state index contributed by atoms with van der Waals surface area (Å²) in [5, 5.41) is 19.3. The zero-order valence-electron chi connectivity index (χ0n) is 15.4. The maximum Gasteiger partial charge on any atom is 0.296 e. The number of amidine groups is 1. The summed E-state index contributed by atoms with van der Waals surface area (Å²) in [7, 11) is 5.54. The molecule has 6 nitrogen and oxygen atoms in total. The minimum atomic E-state index is 0. The number of aliphatic hydroxyl groups is 1. The Balaban J connectivity index is 0.00000210. The van der Waals surface area contributed by atoms with Gasteiger partial charge in [-0.3, -0.25) is 5.41 Å². The van der Waals surface area contributed by atoms with Gasteiger partial charge in [0.1, 0.15) is 22.9 Å². The summed E-state index contributed by atoms with van der Waals surface area (Å²) < 4.78 is 9.24. The van der Waals surface area contributed by atoms with E-state index in [-0.39, 0.29) is 30.5 Å². The van der Waals surface area contributed by atoms with Crippen LogP contribution in [-0.2, 0) is 14.1 Å². The van der Waals surface area contributed by atoms with E-state index in [2.05, 4.69) is 0 Å². The molecule has 0 unspecified atom stereocenters. The molecule has 0 saturated heterocycles. The number of nitrogens with zero attached hydrogens (tertiary/aromatic N) is 3. The van der Waals surface area contributed by atoms with Gasteiger partial charge in [-0.25, -0.2) is 9.13 Å². The lowest BCUT2D eigenvalue weighted by atomic mass is 10.2. The van der Waals surface area contributed by atoms with Crippen molar-refractivity contribution in [3.8, 4) is 5.75 Å². The first-order chi connectivity index (χ1) is 12.5. The fraction of sp³-hybridized carbons (Fsp3) is 0.200. The van der Waals surface area contributed by atoms with Crippen molar-refractivity contribution in [1.29, 1.82) is 5.41 Å². The number of fused-ring (bicyclic) bond motifs is 1. The number of aromatic nitrogens is 2. The molecule has 1 aromatic heterocycles. The van der Waals surface area contributed by atoms with Crippen LogP contribution >= 0.6 is 0 Å². The van der Waals surface area contributed by atoms with Gasteiger partial charge in [-0.15, -0.1) is 0 Å².